The minimum absolute atomic E-state index is 0.107. The Balaban J connectivity index is 5.17. The number of esters is 4. The number of carbonyl (C=O) groups is 4. The van der Waals surface area contributed by atoms with Gasteiger partial charge in [0.2, 0.25) is 0 Å². The SMILES string of the molecule is CC(C)CCCCCCCCCCCCCCCCCCCCC(=O)OC[C@H](COP(=O)(O)OCC(O)COP(=O)(O)OC[C@@H](COC(=O)CCCCCCCCC(C)C)OC(=O)CCCCCCCCCCCCCCCCCCCCC(C)C)OC(=O)CCCCCCCCCCCCCCCC(C)C. The van der Waals surface area contributed by atoms with Crippen LogP contribution in [0.1, 0.15) is 460 Å². The zero-order valence-electron chi connectivity index (χ0n) is 70.8. The molecule has 3 N–H and O–H groups in total. The summed E-state index contributed by atoms with van der Waals surface area (Å²) in [4.78, 5) is 73.2. The third-order valence-electron chi connectivity index (χ3n) is 20.6. The maximum Gasteiger partial charge on any atom is 0.472 e. The van der Waals surface area contributed by atoms with Gasteiger partial charge in [-0.1, -0.05) is 409 Å². The quantitative estimate of drug-likeness (QED) is 0.0222. The number of rotatable bonds is 85. The van der Waals surface area contributed by atoms with Crippen LogP contribution in [0.2, 0.25) is 0 Å². The molecule has 0 fully saturated rings. The van der Waals surface area contributed by atoms with Gasteiger partial charge in [-0.15, -0.1) is 0 Å². The molecule has 0 bridgehead atoms. The van der Waals surface area contributed by atoms with Crippen LogP contribution >= 0.6 is 15.6 Å². The van der Waals surface area contributed by atoms with Crippen molar-refractivity contribution in [2.75, 3.05) is 39.6 Å². The summed E-state index contributed by atoms with van der Waals surface area (Å²) in [6, 6.07) is 0. The van der Waals surface area contributed by atoms with Gasteiger partial charge < -0.3 is 33.8 Å². The van der Waals surface area contributed by atoms with Crippen molar-refractivity contribution in [3.05, 3.63) is 0 Å². The summed E-state index contributed by atoms with van der Waals surface area (Å²) in [6.07, 6.45) is 67.0. The lowest BCUT2D eigenvalue weighted by molar-refractivity contribution is -0.161. The van der Waals surface area contributed by atoms with Gasteiger partial charge in [0.1, 0.15) is 19.3 Å². The van der Waals surface area contributed by atoms with Crippen LogP contribution in [0.25, 0.3) is 0 Å². The standard InChI is InChI=1S/C88H172O17P2/c1-78(2)64-56-48-40-34-28-22-17-13-9-11-15-19-25-31-37-43-52-60-68-85(90)98-74-83(104-87(92)71-63-55-45-39-33-27-21-24-30-36-42-50-58-66-80(5)6)76-102-106(94,95)100-72-82(89)73-101-107(96,97)103-77-84(75-99-86(91)69-61-53-47-46-51-59-67-81(7)8)105-88(93)70-62-54-44-38-32-26-20-16-12-10-14-18-23-29-35-41-49-57-65-79(3)4/h78-84,89H,9-77H2,1-8H3,(H,94,95)(H,96,97)/t82?,83-,84-/m1/s1. The first-order chi connectivity index (χ1) is 51.6. The third-order valence-corrected chi connectivity index (χ3v) is 22.5. The van der Waals surface area contributed by atoms with Crippen LogP contribution in [0.5, 0.6) is 0 Å². The monoisotopic (exact) mass is 1560 g/mol. The molecule has 19 heteroatoms. The Labute approximate surface area is 658 Å². The van der Waals surface area contributed by atoms with Crippen LogP contribution < -0.4 is 0 Å². The number of phosphoric ester groups is 2. The summed E-state index contributed by atoms with van der Waals surface area (Å²) in [5.74, 6) is 1.00. The minimum Gasteiger partial charge on any atom is -0.462 e. The summed E-state index contributed by atoms with van der Waals surface area (Å²) in [5, 5.41) is 10.7. The number of aliphatic hydroxyl groups excluding tert-OH is 1. The van der Waals surface area contributed by atoms with E-state index in [9.17, 15) is 43.2 Å². The zero-order valence-corrected chi connectivity index (χ0v) is 72.6. The molecule has 0 spiro atoms. The van der Waals surface area contributed by atoms with E-state index in [1.165, 1.54) is 257 Å². The van der Waals surface area contributed by atoms with Gasteiger partial charge in [-0.3, -0.25) is 37.3 Å². The van der Waals surface area contributed by atoms with Crippen molar-refractivity contribution in [1.82, 2.24) is 0 Å². The number of hydrogen-bond acceptors (Lipinski definition) is 15. The maximum atomic E-state index is 13.1. The van der Waals surface area contributed by atoms with Crippen molar-refractivity contribution in [3.8, 4) is 0 Å². The molecule has 0 aromatic rings. The van der Waals surface area contributed by atoms with Gasteiger partial charge in [0, 0.05) is 25.7 Å². The van der Waals surface area contributed by atoms with Crippen molar-refractivity contribution >= 4 is 39.5 Å². The average Bonchev–Trinajstić information content (AvgIpc) is 0.901. The highest BCUT2D eigenvalue weighted by molar-refractivity contribution is 7.47. The molecule has 0 heterocycles. The Bertz CT molecular complexity index is 2080. The highest BCUT2D eigenvalue weighted by Crippen LogP contribution is 2.45. The lowest BCUT2D eigenvalue weighted by Gasteiger charge is -2.21. The first-order valence-electron chi connectivity index (χ1n) is 45.2. The van der Waals surface area contributed by atoms with Gasteiger partial charge in [-0.25, -0.2) is 9.13 Å². The van der Waals surface area contributed by atoms with E-state index in [-0.39, 0.29) is 25.7 Å². The number of ether oxygens (including phenoxy) is 4. The van der Waals surface area contributed by atoms with E-state index < -0.39 is 97.5 Å². The molecular weight excluding hydrogens is 1390 g/mol. The molecule has 5 atom stereocenters. The maximum absolute atomic E-state index is 13.1. The fourth-order valence-corrected chi connectivity index (χ4v) is 15.3. The Morgan fingerprint density at radius 2 is 0.393 bits per heavy atom. The Hall–Kier alpha value is -1.94. The number of unbranched alkanes of at least 4 members (excludes halogenated alkanes) is 51. The zero-order chi connectivity index (χ0) is 78.8. The van der Waals surface area contributed by atoms with E-state index >= 15 is 0 Å². The highest BCUT2D eigenvalue weighted by atomic mass is 31.2. The van der Waals surface area contributed by atoms with Crippen LogP contribution in [0.4, 0.5) is 0 Å². The predicted octanol–water partition coefficient (Wildman–Crippen LogP) is 26.7. The van der Waals surface area contributed by atoms with E-state index in [2.05, 4.69) is 55.4 Å². The van der Waals surface area contributed by atoms with Gasteiger partial charge in [-0.2, -0.15) is 0 Å². The molecule has 0 radical (unpaired) electrons. The molecule has 0 saturated carbocycles. The van der Waals surface area contributed by atoms with Crippen LogP contribution in [0.3, 0.4) is 0 Å². The Morgan fingerprint density at radius 1 is 0.234 bits per heavy atom. The number of hydrogen-bond donors (Lipinski definition) is 3. The van der Waals surface area contributed by atoms with Crippen molar-refractivity contribution in [3.63, 3.8) is 0 Å². The van der Waals surface area contributed by atoms with Gasteiger partial charge in [0.25, 0.3) is 0 Å². The van der Waals surface area contributed by atoms with Crippen molar-refractivity contribution in [2.45, 2.75) is 478 Å². The van der Waals surface area contributed by atoms with Crippen LogP contribution in [-0.2, 0) is 65.4 Å². The van der Waals surface area contributed by atoms with Gasteiger partial charge in [0.15, 0.2) is 12.2 Å². The first-order valence-corrected chi connectivity index (χ1v) is 48.2. The number of phosphoric acid groups is 2. The van der Waals surface area contributed by atoms with Gasteiger partial charge in [0.05, 0.1) is 26.4 Å². The second kappa shape index (κ2) is 76.7. The van der Waals surface area contributed by atoms with Crippen LogP contribution in [-0.4, -0.2) is 96.7 Å². The largest absolute Gasteiger partial charge is 0.472 e. The molecule has 0 rings (SSSR count). The van der Waals surface area contributed by atoms with Gasteiger partial charge in [-0.05, 0) is 49.4 Å². The highest BCUT2D eigenvalue weighted by Gasteiger charge is 2.31. The fraction of sp³-hybridized carbons (Fsp3) is 0.955. The second-order valence-corrected chi connectivity index (χ2v) is 36.4. The predicted molar refractivity (Wildman–Crippen MR) is 441 cm³/mol. The summed E-state index contributed by atoms with van der Waals surface area (Å²) >= 11 is 0. The third kappa shape index (κ3) is 81.9. The molecule has 636 valence electrons. The summed E-state index contributed by atoms with van der Waals surface area (Å²) in [6.45, 7) is 14.3. The molecule has 107 heavy (non-hydrogen) atoms. The molecule has 0 aliphatic rings. The van der Waals surface area contributed by atoms with E-state index in [1.807, 2.05) is 0 Å². The lowest BCUT2D eigenvalue weighted by Crippen LogP contribution is -2.30. The molecule has 0 aromatic carbocycles. The van der Waals surface area contributed by atoms with Crippen molar-refractivity contribution in [2.24, 2.45) is 23.7 Å². The summed E-state index contributed by atoms with van der Waals surface area (Å²) in [7, 11) is -9.93. The van der Waals surface area contributed by atoms with Gasteiger partial charge >= 0.3 is 39.5 Å². The molecule has 0 aliphatic heterocycles. The average molecular weight is 1560 g/mol. The van der Waals surface area contributed by atoms with E-state index in [1.54, 1.807) is 0 Å². The van der Waals surface area contributed by atoms with Crippen LogP contribution in [0.15, 0.2) is 0 Å². The van der Waals surface area contributed by atoms with Crippen molar-refractivity contribution in [1.29, 1.82) is 0 Å². The van der Waals surface area contributed by atoms with Crippen LogP contribution in [0, 0.1) is 23.7 Å². The molecule has 0 amide bonds. The molecule has 3 unspecified atom stereocenters. The topological polar surface area (TPSA) is 237 Å². The Kier molecular flexibility index (Phi) is 75.3. The molecular formula is C88H172O17P2. The van der Waals surface area contributed by atoms with E-state index in [0.717, 1.165) is 114 Å². The number of carbonyl (C=O) groups excluding carboxylic acids is 4. The minimum atomic E-state index is -4.97. The molecule has 0 saturated heterocycles. The summed E-state index contributed by atoms with van der Waals surface area (Å²) < 4.78 is 68.9. The molecule has 17 nitrogen and oxygen atoms in total. The molecule has 0 aliphatic carbocycles. The number of aliphatic hydroxyl groups is 1. The van der Waals surface area contributed by atoms with E-state index in [4.69, 9.17) is 37.0 Å². The summed E-state index contributed by atoms with van der Waals surface area (Å²) in [5.41, 5.74) is 0. The molecule has 0 aromatic heterocycles. The smallest absolute Gasteiger partial charge is 0.462 e. The lowest BCUT2D eigenvalue weighted by atomic mass is 10.0. The second-order valence-electron chi connectivity index (χ2n) is 33.5. The Morgan fingerprint density at radius 3 is 0.579 bits per heavy atom. The fourth-order valence-electron chi connectivity index (χ4n) is 13.7. The first kappa shape index (κ1) is 105. The van der Waals surface area contributed by atoms with Crippen molar-refractivity contribution < 1.29 is 80.2 Å². The normalized spacial score (nSPS) is 13.9. The van der Waals surface area contributed by atoms with E-state index in [0.29, 0.717) is 31.6 Å².